The van der Waals surface area contributed by atoms with Crippen molar-refractivity contribution < 1.29 is 24.3 Å². The molecule has 0 heterocycles. The lowest BCUT2D eigenvalue weighted by molar-refractivity contribution is -0.149. The van der Waals surface area contributed by atoms with Gasteiger partial charge in [0.2, 0.25) is 17.7 Å². The van der Waals surface area contributed by atoms with Crippen LogP contribution < -0.4 is 16.2 Å². The van der Waals surface area contributed by atoms with E-state index in [2.05, 4.69) is 16.2 Å². The lowest BCUT2D eigenvalue weighted by Gasteiger charge is -2.27. The predicted octanol–water partition coefficient (Wildman–Crippen LogP) is 1.12. The number of benzene rings is 1. The van der Waals surface area contributed by atoms with Crippen molar-refractivity contribution in [2.75, 3.05) is 0 Å². The minimum atomic E-state index is -0.990. The molecule has 0 aliphatic heterocycles. The van der Waals surface area contributed by atoms with Gasteiger partial charge in [-0.15, -0.1) is 0 Å². The zero-order chi connectivity index (χ0) is 19.6. The zero-order valence-electron chi connectivity index (χ0n) is 15.1. The third-order valence-electron chi connectivity index (χ3n) is 4.66. The summed E-state index contributed by atoms with van der Waals surface area (Å²) in [5.41, 5.74) is 5.50. The maximum atomic E-state index is 12.1. The van der Waals surface area contributed by atoms with E-state index < -0.39 is 29.6 Å². The smallest absolute Gasteiger partial charge is 0.307 e. The van der Waals surface area contributed by atoms with E-state index in [1.807, 2.05) is 30.3 Å². The highest BCUT2D eigenvalue weighted by Crippen LogP contribution is 2.30. The first-order valence-electron chi connectivity index (χ1n) is 9.09. The summed E-state index contributed by atoms with van der Waals surface area (Å²) in [4.78, 5) is 47.0. The van der Waals surface area contributed by atoms with E-state index in [9.17, 15) is 24.3 Å². The molecule has 0 unspecified atom stereocenters. The van der Waals surface area contributed by atoms with Gasteiger partial charge in [0.15, 0.2) is 0 Å². The predicted molar refractivity (Wildman–Crippen MR) is 96.9 cm³/mol. The Balaban J connectivity index is 1.67. The number of carbonyl (C=O) groups is 4. The van der Waals surface area contributed by atoms with E-state index in [1.165, 1.54) is 0 Å². The van der Waals surface area contributed by atoms with Crippen LogP contribution in [0.15, 0.2) is 30.3 Å². The molecule has 8 heteroatoms. The highest BCUT2D eigenvalue weighted by Gasteiger charge is 2.35. The van der Waals surface area contributed by atoms with Gasteiger partial charge in [-0.25, -0.2) is 0 Å². The number of nitrogens with one attached hydrogen (secondary N) is 3. The molecule has 1 fully saturated rings. The topological polar surface area (TPSA) is 125 Å². The van der Waals surface area contributed by atoms with Crippen molar-refractivity contribution >= 4 is 23.7 Å². The van der Waals surface area contributed by atoms with Gasteiger partial charge in [0.05, 0.1) is 11.8 Å². The van der Waals surface area contributed by atoms with E-state index in [-0.39, 0.29) is 18.7 Å². The summed E-state index contributed by atoms with van der Waals surface area (Å²) in [6.07, 6.45) is 2.44. The molecule has 1 aliphatic rings. The van der Waals surface area contributed by atoms with Crippen LogP contribution in [-0.2, 0) is 25.7 Å². The van der Waals surface area contributed by atoms with Gasteiger partial charge in [0.25, 0.3) is 0 Å². The third-order valence-corrected chi connectivity index (χ3v) is 4.66. The SMILES string of the molecule is O=C(CCC(=O)NNC(=O)[C@@H]1CCCC[C@@H]1C(=O)O)NCc1ccccc1. The number of carbonyl (C=O) groups excluding carboxylic acids is 3. The van der Waals surface area contributed by atoms with Crippen LogP contribution in [0.4, 0.5) is 0 Å². The van der Waals surface area contributed by atoms with Gasteiger partial charge in [-0.05, 0) is 18.4 Å². The maximum absolute atomic E-state index is 12.1. The summed E-state index contributed by atoms with van der Waals surface area (Å²) >= 11 is 0. The van der Waals surface area contributed by atoms with Crippen LogP contribution in [0.2, 0.25) is 0 Å². The Hall–Kier alpha value is -2.90. The van der Waals surface area contributed by atoms with E-state index in [0.717, 1.165) is 18.4 Å². The van der Waals surface area contributed by atoms with Crippen LogP contribution in [0.3, 0.4) is 0 Å². The van der Waals surface area contributed by atoms with Crippen molar-refractivity contribution in [2.24, 2.45) is 11.8 Å². The molecule has 0 saturated heterocycles. The van der Waals surface area contributed by atoms with Crippen molar-refractivity contribution in [3.63, 3.8) is 0 Å². The molecule has 8 nitrogen and oxygen atoms in total. The Morgan fingerprint density at radius 2 is 1.52 bits per heavy atom. The molecular weight excluding hydrogens is 350 g/mol. The molecule has 1 aliphatic carbocycles. The summed E-state index contributed by atoms with van der Waals surface area (Å²) in [6, 6.07) is 9.41. The summed E-state index contributed by atoms with van der Waals surface area (Å²) in [6.45, 7) is 0.385. The monoisotopic (exact) mass is 375 g/mol. The standard InChI is InChI=1S/C19H25N3O5/c23-16(20-12-13-6-2-1-3-7-13)10-11-17(24)21-22-18(25)14-8-4-5-9-15(14)19(26)27/h1-3,6-7,14-15H,4-5,8-12H2,(H,20,23)(H,21,24)(H,22,25)(H,26,27)/t14-,15+/m1/s1. The van der Waals surface area contributed by atoms with Gasteiger partial charge < -0.3 is 10.4 Å². The van der Waals surface area contributed by atoms with Crippen molar-refractivity contribution in [2.45, 2.75) is 45.1 Å². The average molecular weight is 375 g/mol. The van der Waals surface area contributed by atoms with Gasteiger partial charge in [0, 0.05) is 19.4 Å². The van der Waals surface area contributed by atoms with Crippen LogP contribution in [0, 0.1) is 11.8 Å². The molecule has 1 saturated carbocycles. The molecule has 2 atom stereocenters. The molecule has 0 aromatic heterocycles. The van der Waals surface area contributed by atoms with Crippen molar-refractivity contribution in [1.29, 1.82) is 0 Å². The first-order chi connectivity index (χ1) is 13.0. The Bertz CT molecular complexity index is 677. The van der Waals surface area contributed by atoms with E-state index in [4.69, 9.17) is 0 Å². The maximum Gasteiger partial charge on any atom is 0.307 e. The number of hydrogen-bond donors (Lipinski definition) is 4. The van der Waals surface area contributed by atoms with Crippen molar-refractivity contribution in [3.05, 3.63) is 35.9 Å². The first-order valence-corrected chi connectivity index (χ1v) is 9.09. The number of aliphatic carboxylic acids is 1. The number of hydrogen-bond acceptors (Lipinski definition) is 4. The number of carboxylic acids is 1. The second-order valence-electron chi connectivity index (χ2n) is 6.64. The lowest BCUT2D eigenvalue weighted by atomic mass is 9.79. The minimum absolute atomic E-state index is 0.00425. The molecule has 27 heavy (non-hydrogen) atoms. The molecule has 4 N–H and O–H groups in total. The minimum Gasteiger partial charge on any atom is -0.481 e. The summed E-state index contributed by atoms with van der Waals surface area (Å²) in [5, 5.41) is 11.9. The Labute approximate surface area is 157 Å². The zero-order valence-corrected chi connectivity index (χ0v) is 15.1. The lowest BCUT2D eigenvalue weighted by Crippen LogP contribution is -2.48. The van der Waals surface area contributed by atoms with Crippen molar-refractivity contribution in [1.82, 2.24) is 16.2 Å². The first kappa shape index (κ1) is 20.4. The van der Waals surface area contributed by atoms with E-state index in [0.29, 0.717) is 19.4 Å². The second-order valence-corrected chi connectivity index (χ2v) is 6.64. The van der Waals surface area contributed by atoms with Crippen LogP contribution in [-0.4, -0.2) is 28.8 Å². The largest absolute Gasteiger partial charge is 0.481 e. The Kier molecular flexibility index (Phi) is 7.79. The number of amides is 3. The number of rotatable bonds is 7. The van der Waals surface area contributed by atoms with Gasteiger partial charge in [-0.3, -0.25) is 30.0 Å². The van der Waals surface area contributed by atoms with E-state index in [1.54, 1.807) is 0 Å². The van der Waals surface area contributed by atoms with Crippen LogP contribution in [0.1, 0.15) is 44.1 Å². The van der Waals surface area contributed by atoms with Gasteiger partial charge in [0.1, 0.15) is 0 Å². The Morgan fingerprint density at radius 3 is 2.19 bits per heavy atom. The summed E-state index contributed by atoms with van der Waals surface area (Å²) in [7, 11) is 0. The van der Waals surface area contributed by atoms with Crippen molar-refractivity contribution in [3.8, 4) is 0 Å². The number of hydrazine groups is 1. The van der Waals surface area contributed by atoms with Crippen LogP contribution >= 0.6 is 0 Å². The summed E-state index contributed by atoms with van der Waals surface area (Å²) < 4.78 is 0. The average Bonchev–Trinajstić information content (AvgIpc) is 2.69. The molecule has 0 bridgehead atoms. The van der Waals surface area contributed by atoms with Gasteiger partial charge in [-0.1, -0.05) is 43.2 Å². The van der Waals surface area contributed by atoms with Crippen LogP contribution in [0.25, 0.3) is 0 Å². The quantitative estimate of drug-likeness (QED) is 0.532. The highest BCUT2D eigenvalue weighted by molar-refractivity contribution is 5.88. The molecule has 0 radical (unpaired) electrons. The second kappa shape index (κ2) is 10.3. The fraction of sp³-hybridized carbons (Fsp3) is 0.474. The molecule has 2 rings (SSSR count). The molecular formula is C19H25N3O5. The summed E-state index contributed by atoms with van der Waals surface area (Å²) in [5.74, 6) is -3.62. The third kappa shape index (κ3) is 6.73. The highest BCUT2D eigenvalue weighted by atomic mass is 16.4. The van der Waals surface area contributed by atoms with Crippen LogP contribution in [0.5, 0.6) is 0 Å². The molecule has 0 spiro atoms. The molecule has 3 amide bonds. The van der Waals surface area contributed by atoms with Gasteiger partial charge in [-0.2, -0.15) is 0 Å². The van der Waals surface area contributed by atoms with E-state index >= 15 is 0 Å². The number of carboxylic acid groups (broad SMARTS) is 1. The Morgan fingerprint density at radius 1 is 0.889 bits per heavy atom. The fourth-order valence-electron chi connectivity index (χ4n) is 3.14. The normalized spacial score (nSPS) is 19.0. The van der Waals surface area contributed by atoms with Gasteiger partial charge >= 0.3 is 5.97 Å². The molecule has 1 aromatic rings. The molecule has 1 aromatic carbocycles. The fourth-order valence-corrected chi connectivity index (χ4v) is 3.14. The molecule has 146 valence electrons.